The van der Waals surface area contributed by atoms with Gasteiger partial charge in [0.1, 0.15) is 18.5 Å². The summed E-state index contributed by atoms with van der Waals surface area (Å²) in [4.78, 5) is 0. The van der Waals surface area contributed by atoms with Crippen LogP contribution in [-0.4, -0.2) is 21.5 Å². The monoisotopic (exact) mass is 320 g/mol. The lowest BCUT2D eigenvalue weighted by atomic mass is 10.1. The van der Waals surface area contributed by atoms with Crippen LogP contribution in [0.4, 0.5) is 0 Å². The van der Waals surface area contributed by atoms with E-state index >= 15 is 0 Å². The maximum Gasteiger partial charge on any atom is 0.121 e. The summed E-state index contributed by atoms with van der Waals surface area (Å²) in [6.07, 6.45) is 0.934. The van der Waals surface area contributed by atoms with Crippen LogP contribution in [0.3, 0.4) is 0 Å². The minimum absolute atomic E-state index is 0.460. The van der Waals surface area contributed by atoms with Crippen molar-refractivity contribution in [2.45, 2.75) is 13.0 Å². The van der Waals surface area contributed by atoms with Gasteiger partial charge in [-0.2, -0.15) is 5.10 Å². The van der Waals surface area contributed by atoms with Crippen LogP contribution in [0.5, 0.6) is 5.75 Å². The standard InChI is InChI=1S/C20H20N2O2/c1-3-13-24-18-11-9-16(10-12-18)20(23)19-14-15(2)21-22(19)17-7-5-4-6-8-17/h3-12,14,20,23H,1,13H2,2H3/t20-/m0/s1. The van der Waals surface area contributed by atoms with Gasteiger partial charge in [-0.15, -0.1) is 0 Å². The summed E-state index contributed by atoms with van der Waals surface area (Å²) in [5, 5.41) is 15.3. The van der Waals surface area contributed by atoms with Crippen LogP contribution in [0, 0.1) is 6.92 Å². The topological polar surface area (TPSA) is 47.3 Å². The molecule has 1 heterocycles. The van der Waals surface area contributed by atoms with Gasteiger partial charge < -0.3 is 9.84 Å². The van der Waals surface area contributed by atoms with E-state index in [1.54, 1.807) is 10.8 Å². The van der Waals surface area contributed by atoms with Gasteiger partial charge >= 0.3 is 0 Å². The summed E-state index contributed by atoms with van der Waals surface area (Å²) < 4.78 is 7.26. The number of para-hydroxylation sites is 1. The molecule has 0 saturated heterocycles. The number of rotatable bonds is 6. The van der Waals surface area contributed by atoms with Crippen molar-refractivity contribution in [3.8, 4) is 11.4 Å². The Kier molecular flexibility index (Phi) is 4.77. The van der Waals surface area contributed by atoms with Crippen molar-refractivity contribution in [1.29, 1.82) is 0 Å². The van der Waals surface area contributed by atoms with Gasteiger partial charge in [0.25, 0.3) is 0 Å². The van der Waals surface area contributed by atoms with E-state index < -0.39 is 6.10 Å². The van der Waals surface area contributed by atoms with Gasteiger partial charge in [-0.1, -0.05) is 43.0 Å². The Hall–Kier alpha value is -2.85. The van der Waals surface area contributed by atoms with Crippen LogP contribution in [-0.2, 0) is 0 Å². The quantitative estimate of drug-likeness (QED) is 0.702. The smallest absolute Gasteiger partial charge is 0.121 e. The Bertz CT molecular complexity index is 807. The number of hydrogen-bond donors (Lipinski definition) is 1. The molecule has 3 rings (SSSR count). The molecule has 0 fully saturated rings. The van der Waals surface area contributed by atoms with Crippen molar-refractivity contribution in [3.63, 3.8) is 0 Å². The molecule has 1 N–H and O–H groups in total. The lowest BCUT2D eigenvalue weighted by molar-refractivity contribution is 0.212. The molecular weight excluding hydrogens is 300 g/mol. The maximum absolute atomic E-state index is 10.8. The third-order valence-electron chi connectivity index (χ3n) is 3.70. The fourth-order valence-corrected chi connectivity index (χ4v) is 2.56. The van der Waals surface area contributed by atoms with Crippen molar-refractivity contribution in [3.05, 3.63) is 90.3 Å². The first-order valence-electron chi connectivity index (χ1n) is 7.83. The van der Waals surface area contributed by atoms with Gasteiger partial charge in [0, 0.05) is 0 Å². The second kappa shape index (κ2) is 7.15. The van der Waals surface area contributed by atoms with Crippen LogP contribution in [0.2, 0.25) is 0 Å². The number of aliphatic hydroxyl groups excluding tert-OH is 1. The van der Waals surface area contributed by atoms with Crippen LogP contribution in [0.1, 0.15) is 23.1 Å². The van der Waals surface area contributed by atoms with E-state index in [4.69, 9.17) is 4.74 Å². The molecule has 24 heavy (non-hydrogen) atoms. The molecule has 0 aliphatic carbocycles. The number of benzene rings is 2. The summed E-state index contributed by atoms with van der Waals surface area (Å²) >= 11 is 0. The van der Waals surface area contributed by atoms with E-state index in [9.17, 15) is 5.11 Å². The summed E-state index contributed by atoms with van der Waals surface area (Å²) in [5.41, 5.74) is 3.31. The lowest BCUT2D eigenvalue weighted by Crippen LogP contribution is -2.08. The van der Waals surface area contributed by atoms with Crippen LogP contribution < -0.4 is 4.74 Å². The minimum Gasteiger partial charge on any atom is -0.490 e. The molecule has 0 unspecified atom stereocenters. The Balaban J connectivity index is 1.90. The summed E-state index contributed by atoms with van der Waals surface area (Å²) in [5.74, 6) is 0.749. The summed E-state index contributed by atoms with van der Waals surface area (Å²) in [7, 11) is 0. The first-order valence-corrected chi connectivity index (χ1v) is 7.83. The summed E-state index contributed by atoms with van der Waals surface area (Å²) in [6, 6.07) is 19.1. The van der Waals surface area contributed by atoms with Gasteiger partial charge in [-0.05, 0) is 42.8 Å². The highest BCUT2D eigenvalue weighted by Gasteiger charge is 2.18. The van der Waals surface area contributed by atoms with E-state index in [2.05, 4.69) is 11.7 Å². The van der Waals surface area contributed by atoms with Crippen molar-refractivity contribution < 1.29 is 9.84 Å². The van der Waals surface area contributed by atoms with Gasteiger partial charge in [0.15, 0.2) is 0 Å². The molecule has 4 nitrogen and oxygen atoms in total. The third-order valence-corrected chi connectivity index (χ3v) is 3.70. The van der Waals surface area contributed by atoms with Gasteiger partial charge in [-0.3, -0.25) is 0 Å². The fourth-order valence-electron chi connectivity index (χ4n) is 2.56. The molecule has 1 atom stereocenters. The Labute approximate surface area is 141 Å². The molecule has 0 amide bonds. The molecule has 1 aromatic heterocycles. The molecule has 122 valence electrons. The van der Waals surface area contributed by atoms with E-state index in [1.807, 2.05) is 67.6 Å². The third kappa shape index (κ3) is 3.39. The van der Waals surface area contributed by atoms with Gasteiger partial charge in [0.2, 0.25) is 0 Å². The van der Waals surface area contributed by atoms with Crippen molar-refractivity contribution >= 4 is 0 Å². The minimum atomic E-state index is -0.764. The highest BCUT2D eigenvalue weighted by molar-refractivity contribution is 5.38. The largest absolute Gasteiger partial charge is 0.490 e. The molecular formula is C20H20N2O2. The number of aryl methyl sites for hydroxylation is 1. The van der Waals surface area contributed by atoms with Crippen molar-refractivity contribution in [1.82, 2.24) is 9.78 Å². The highest BCUT2D eigenvalue weighted by Crippen LogP contribution is 2.26. The zero-order valence-corrected chi connectivity index (χ0v) is 13.6. The average molecular weight is 320 g/mol. The number of nitrogens with zero attached hydrogens (tertiary/aromatic N) is 2. The maximum atomic E-state index is 10.8. The zero-order valence-electron chi connectivity index (χ0n) is 13.6. The van der Waals surface area contributed by atoms with Gasteiger partial charge in [-0.25, -0.2) is 4.68 Å². The SMILES string of the molecule is C=CCOc1ccc([C@H](O)c2cc(C)nn2-c2ccccc2)cc1. The number of hydrogen-bond acceptors (Lipinski definition) is 3. The van der Waals surface area contributed by atoms with Crippen molar-refractivity contribution in [2.24, 2.45) is 0 Å². The van der Waals surface area contributed by atoms with Crippen LogP contribution >= 0.6 is 0 Å². The first kappa shape index (κ1) is 16.0. The fraction of sp³-hybridized carbons (Fsp3) is 0.150. The molecule has 0 saturated carbocycles. The highest BCUT2D eigenvalue weighted by atomic mass is 16.5. The Morgan fingerprint density at radius 3 is 2.54 bits per heavy atom. The number of aromatic nitrogens is 2. The Morgan fingerprint density at radius 2 is 1.88 bits per heavy atom. The van der Waals surface area contributed by atoms with Crippen LogP contribution in [0.25, 0.3) is 5.69 Å². The molecule has 0 bridgehead atoms. The first-order chi connectivity index (χ1) is 11.7. The van der Waals surface area contributed by atoms with E-state index in [1.165, 1.54) is 0 Å². The molecule has 4 heteroatoms. The molecule has 2 aromatic carbocycles. The normalized spacial score (nSPS) is 11.9. The average Bonchev–Trinajstić information content (AvgIpc) is 3.02. The van der Waals surface area contributed by atoms with E-state index in [-0.39, 0.29) is 0 Å². The van der Waals surface area contributed by atoms with E-state index in [0.29, 0.717) is 6.61 Å². The Morgan fingerprint density at radius 1 is 1.17 bits per heavy atom. The second-order valence-electron chi connectivity index (χ2n) is 5.53. The van der Waals surface area contributed by atoms with Crippen molar-refractivity contribution in [2.75, 3.05) is 6.61 Å². The second-order valence-corrected chi connectivity index (χ2v) is 5.53. The molecule has 0 aliphatic heterocycles. The zero-order chi connectivity index (χ0) is 16.9. The predicted octanol–water partition coefficient (Wildman–Crippen LogP) is 3.83. The predicted molar refractivity (Wildman–Crippen MR) is 94.5 cm³/mol. The summed E-state index contributed by atoms with van der Waals surface area (Å²) in [6.45, 7) is 6.01. The number of ether oxygens (including phenoxy) is 1. The molecule has 0 radical (unpaired) electrons. The van der Waals surface area contributed by atoms with E-state index in [0.717, 1.165) is 28.4 Å². The molecule has 0 aliphatic rings. The van der Waals surface area contributed by atoms with Crippen LogP contribution in [0.15, 0.2) is 73.3 Å². The van der Waals surface area contributed by atoms with Gasteiger partial charge in [0.05, 0.1) is 17.1 Å². The number of aliphatic hydroxyl groups is 1. The molecule has 0 spiro atoms. The molecule has 3 aromatic rings. The lowest BCUT2D eigenvalue weighted by Gasteiger charge is -2.14.